The highest BCUT2D eigenvalue weighted by molar-refractivity contribution is 5.82. The van der Waals surface area contributed by atoms with Crippen LogP contribution >= 0.6 is 0 Å². The average molecular weight is 320 g/mol. The van der Waals surface area contributed by atoms with E-state index in [-0.39, 0.29) is 12.1 Å². The van der Waals surface area contributed by atoms with Crippen molar-refractivity contribution in [3.63, 3.8) is 0 Å². The zero-order chi connectivity index (χ0) is 16.8. The zero-order valence-electron chi connectivity index (χ0n) is 14.2. The molecular weight excluding hydrogens is 296 g/mol. The van der Waals surface area contributed by atoms with Crippen molar-refractivity contribution in [1.29, 1.82) is 0 Å². The van der Waals surface area contributed by atoms with Crippen molar-refractivity contribution in [2.24, 2.45) is 0 Å². The number of carbonyl (C=O) groups excluding carboxylic acids is 1. The first-order chi connectivity index (χ1) is 11.8. The Labute approximate surface area is 144 Å². The molecule has 2 nitrogen and oxygen atoms in total. The van der Waals surface area contributed by atoms with Crippen LogP contribution in [0.2, 0.25) is 0 Å². The number of rotatable bonds is 4. The van der Waals surface area contributed by atoms with Gasteiger partial charge in [0, 0.05) is 12.0 Å². The van der Waals surface area contributed by atoms with Crippen LogP contribution in [0.5, 0.6) is 0 Å². The normalized spacial score (nSPS) is 20.9. The molecule has 0 aliphatic heterocycles. The minimum absolute atomic E-state index is 0.00924. The van der Waals surface area contributed by atoms with E-state index in [1.54, 1.807) is 6.08 Å². The van der Waals surface area contributed by atoms with Crippen LogP contribution in [0.4, 0.5) is 0 Å². The lowest BCUT2D eigenvalue weighted by molar-refractivity contribution is -0.145. The molecule has 24 heavy (non-hydrogen) atoms. The lowest BCUT2D eigenvalue weighted by Crippen LogP contribution is -2.28. The number of ether oxygens (including phenoxy) is 1. The van der Waals surface area contributed by atoms with Crippen molar-refractivity contribution in [2.75, 3.05) is 0 Å². The smallest absolute Gasteiger partial charge is 0.330 e. The van der Waals surface area contributed by atoms with Gasteiger partial charge in [0.1, 0.15) is 6.10 Å². The van der Waals surface area contributed by atoms with Crippen LogP contribution in [0.25, 0.3) is 11.1 Å². The molecular formula is C22H24O2. The van der Waals surface area contributed by atoms with Crippen LogP contribution in [0.1, 0.15) is 44.1 Å². The van der Waals surface area contributed by atoms with Gasteiger partial charge in [-0.1, -0.05) is 67.1 Å². The summed E-state index contributed by atoms with van der Waals surface area (Å²) in [5, 5.41) is 0. The van der Waals surface area contributed by atoms with E-state index in [4.69, 9.17) is 4.74 Å². The molecule has 1 saturated carbocycles. The summed E-state index contributed by atoms with van der Waals surface area (Å²) in [4.78, 5) is 11.8. The van der Waals surface area contributed by atoms with Crippen LogP contribution in [-0.2, 0) is 9.53 Å². The lowest BCUT2D eigenvalue weighted by Gasteiger charge is -2.31. The Morgan fingerprint density at radius 3 is 2.33 bits per heavy atom. The zero-order valence-corrected chi connectivity index (χ0v) is 14.2. The van der Waals surface area contributed by atoms with E-state index in [1.165, 1.54) is 29.2 Å². The maximum absolute atomic E-state index is 11.8. The van der Waals surface area contributed by atoms with Crippen LogP contribution in [-0.4, -0.2) is 12.1 Å². The number of carbonyl (C=O) groups is 1. The first kappa shape index (κ1) is 16.5. The molecule has 0 bridgehead atoms. The summed E-state index contributed by atoms with van der Waals surface area (Å²) in [7, 11) is 0. The Bertz CT molecular complexity index is 686. The molecule has 0 aromatic heterocycles. The Balaban J connectivity index is 1.77. The standard InChI is InChI=1S/C22H24O2/c1-2-8-22(23)24-21-12-7-6-11-20(21)19-15-13-18(14-16-19)17-9-4-3-5-10-17/h2-5,8-10,13-16,20-21H,6-7,11-12H2,1H3/b8-2+/t20-,21+/m0/s1. The Morgan fingerprint density at radius 2 is 1.62 bits per heavy atom. The minimum atomic E-state index is -0.227. The lowest BCUT2D eigenvalue weighted by atomic mass is 9.81. The van der Waals surface area contributed by atoms with Crippen LogP contribution in [0.3, 0.4) is 0 Å². The molecule has 1 aliphatic carbocycles. The van der Waals surface area contributed by atoms with E-state index in [1.807, 2.05) is 13.0 Å². The Kier molecular flexibility index (Phi) is 5.47. The SMILES string of the molecule is C/C=C/C(=O)O[C@@H]1CCCC[C@H]1c1ccc(-c2ccccc2)cc1. The number of hydrogen-bond donors (Lipinski definition) is 0. The molecule has 2 aromatic carbocycles. The second-order valence-corrected chi connectivity index (χ2v) is 6.35. The molecule has 0 unspecified atom stereocenters. The van der Waals surface area contributed by atoms with Gasteiger partial charge in [-0.2, -0.15) is 0 Å². The van der Waals surface area contributed by atoms with Gasteiger partial charge in [-0.15, -0.1) is 0 Å². The summed E-state index contributed by atoms with van der Waals surface area (Å²) in [6.45, 7) is 1.84. The largest absolute Gasteiger partial charge is 0.459 e. The molecule has 0 saturated heterocycles. The average Bonchev–Trinajstić information content (AvgIpc) is 2.63. The van der Waals surface area contributed by atoms with Gasteiger partial charge < -0.3 is 4.74 Å². The van der Waals surface area contributed by atoms with Crippen molar-refractivity contribution in [3.8, 4) is 11.1 Å². The van der Waals surface area contributed by atoms with Gasteiger partial charge in [-0.05, 0) is 42.9 Å². The fraction of sp³-hybridized carbons (Fsp3) is 0.318. The van der Waals surface area contributed by atoms with Gasteiger partial charge in [-0.3, -0.25) is 0 Å². The number of hydrogen-bond acceptors (Lipinski definition) is 2. The van der Waals surface area contributed by atoms with Crippen molar-refractivity contribution in [3.05, 3.63) is 72.3 Å². The van der Waals surface area contributed by atoms with E-state index in [9.17, 15) is 4.79 Å². The molecule has 2 heteroatoms. The van der Waals surface area contributed by atoms with E-state index < -0.39 is 0 Å². The number of benzene rings is 2. The monoisotopic (exact) mass is 320 g/mol. The molecule has 2 atom stereocenters. The number of allylic oxidation sites excluding steroid dienone is 1. The minimum Gasteiger partial charge on any atom is -0.459 e. The second kappa shape index (κ2) is 7.96. The summed E-state index contributed by atoms with van der Waals surface area (Å²) >= 11 is 0. The fourth-order valence-corrected chi connectivity index (χ4v) is 3.50. The quantitative estimate of drug-likeness (QED) is 0.549. The molecule has 0 spiro atoms. The van der Waals surface area contributed by atoms with E-state index in [0.717, 1.165) is 19.3 Å². The summed E-state index contributed by atoms with van der Waals surface area (Å²) in [5.41, 5.74) is 3.72. The molecule has 3 rings (SSSR count). The van der Waals surface area contributed by atoms with Gasteiger partial charge >= 0.3 is 5.97 Å². The van der Waals surface area contributed by atoms with Crippen molar-refractivity contribution < 1.29 is 9.53 Å². The van der Waals surface area contributed by atoms with Gasteiger partial charge in [0.2, 0.25) is 0 Å². The predicted molar refractivity (Wildman–Crippen MR) is 97.8 cm³/mol. The van der Waals surface area contributed by atoms with E-state index in [2.05, 4.69) is 48.5 Å². The summed E-state index contributed by atoms with van der Waals surface area (Å²) in [5.74, 6) is 0.0769. The van der Waals surface area contributed by atoms with Crippen molar-refractivity contribution in [1.82, 2.24) is 0 Å². The second-order valence-electron chi connectivity index (χ2n) is 6.35. The molecule has 124 valence electrons. The summed E-state index contributed by atoms with van der Waals surface area (Å²) < 4.78 is 5.69. The van der Waals surface area contributed by atoms with Gasteiger partial charge in [0.25, 0.3) is 0 Å². The topological polar surface area (TPSA) is 26.3 Å². The van der Waals surface area contributed by atoms with Crippen LogP contribution < -0.4 is 0 Å². The van der Waals surface area contributed by atoms with Crippen LogP contribution in [0, 0.1) is 0 Å². The molecule has 1 aliphatic rings. The first-order valence-electron chi connectivity index (χ1n) is 8.76. The van der Waals surface area contributed by atoms with E-state index in [0.29, 0.717) is 5.92 Å². The molecule has 0 heterocycles. The van der Waals surface area contributed by atoms with E-state index >= 15 is 0 Å². The third-order valence-corrected chi connectivity index (χ3v) is 4.72. The predicted octanol–water partition coefficient (Wildman–Crippen LogP) is 5.50. The van der Waals surface area contributed by atoms with Gasteiger partial charge in [0.15, 0.2) is 0 Å². The molecule has 2 aromatic rings. The van der Waals surface area contributed by atoms with Crippen molar-refractivity contribution >= 4 is 5.97 Å². The molecule has 0 radical (unpaired) electrons. The van der Waals surface area contributed by atoms with Gasteiger partial charge in [-0.25, -0.2) is 4.79 Å². The highest BCUT2D eigenvalue weighted by Crippen LogP contribution is 2.36. The first-order valence-corrected chi connectivity index (χ1v) is 8.76. The summed E-state index contributed by atoms with van der Waals surface area (Å²) in [6, 6.07) is 19.1. The maximum Gasteiger partial charge on any atom is 0.330 e. The third-order valence-electron chi connectivity index (χ3n) is 4.72. The number of esters is 1. The highest BCUT2D eigenvalue weighted by atomic mass is 16.5. The summed E-state index contributed by atoms with van der Waals surface area (Å²) in [6.07, 6.45) is 7.59. The fourth-order valence-electron chi connectivity index (χ4n) is 3.50. The van der Waals surface area contributed by atoms with Crippen molar-refractivity contribution in [2.45, 2.75) is 44.6 Å². The third kappa shape index (κ3) is 3.94. The molecule has 1 fully saturated rings. The van der Waals surface area contributed by atoms with Crippen LogP contribution in [0.15, 0.2) is 66.7 Å². The molecule has 0 amide bonds. The maximum atomic E-state index is 11.8. The Morgan fingerprint density at radius 1 is 0.958 bits per heavy atom. The molecule has 0 N–H and O–H groups in total. The Hall–Kier alpha value is -2.35. The highest BCUT2D eigenvalue weighted by Gasteiger charge is 2.29. The van der Waals surface area contributed by atoms with Gasteiger partial charge in [0.05, 0.1) is 0 Å².